The predicted octanol–water partition coefficient (Wildman–Crippen LogP) is 2.61. The van der Waals surface area contributed by atoms with Crippen LogP contribution in [0.2, 0.25) is 0 Å². The van der Waals surface area contributed by atoms with Gasteiger partial charge in [-0.25, -0.2) is 4.79 Å². The lowest BCUT2D eigenvalue weighted by molar-refractivity contribution is -0.0885. The molecule has 0 spiro atoms. The third-order valence-electron chi connectivity index (χ3n) is 2.43. The van der Waals surface area contributed by atoms with E-state index in [1.807, 2.05) is 0 Å². The Morgan fingerprint density at radius 3 is 2.44 bits per heavy atom. The highest BCUT2D eigenvalue weighted by atomic mass is 19.4. The van der Waals surface area contributed by atoms with Gasteiger partial charge in [0, 0.05) is 22.7 Å². The zero-order valence-electron chi connectivity index (χ0n) is 8.71. The van der Waals surface area contributed by atoms with Gasteiger partial charge in [0.25, 0.3) is 5.78 Å². The first-order valence-electron chi connectivity index (χ1n) is 4.76. The number of benzene rings is 1. The van der Waals surface area contributed by atoms with Crippen molar-refractivity contribution in [1.29, 1.82) is 0 Å². The summed E-state index contributed by atoms with van der Waals surface area (Å²) in [5.41, 5.74) is -0.412. The van der Waals surface area contributed by atoms with Gasteiger partial charge in [-0.05, 0) is 18.2 Å². The fraction of sp³-hybridized carbons (Fsp3) is 0.0909. The largest absolute Gasteiger partial charge is 0.478 e. The van der Waals surface area contributed by atoms with Crippen LogP contribution in [0.4, 0.5) is 13.2 Å². The Bertz CT molecular complexity index is 643. The zero-order chi connectivity index (χ0) is 13.5. The van der Waals surface area contributed by atoms with Gasteiger partial charge in [-0.15, -0.1) is 0 Å². The summed E-state index contributed by atoms with van der Waals surface area (Å²) in [5, 5.41) is 8.90. The van der Waals surface area contributed by atoms with E-state index in [9.17, 15) is 22.8 Å². The van der Waals surface area contributed by atoms with Crippen molar-refractivity contribution in [1.82, 2.24) is 4.98 Å². The first-order chi connectivity index (χ1) is 8.30. The lowest BCUT2D eigenvalue weighted by Gasteiger charge is -2.05. The van der Waals surface area contributed by atoms with E-state index < -0.39 is 23.5 Å². The molecule has 2 aromatic rings. The number of ketones is 1. The van der Waals surface area contributed by atoms with Gasteiger partial charge in [-0.3, -0.25) is 4.79 Å². The number of Topliss-reactive ketones (excluding diaryl/α,β-unsaturated/α-hetero) is 1. The number of fused-ring (bicyclic) bond motifs is 1. The molecule has 1 aromatic heterocycles. The second-order valence-corrected chi connectivity index (χ2v) is 3.59. The van der Waals surface area contributed by atoms with E-state index in [1.165, 1.54) is 6.07 Å². The number of hydrogen-bond acceptors (Lipinski definition) is 2. The molecule has 0 saturated heterocycles. The molecule has 0 unspecified atom stereocenters. The van der Waals surface area contributed by atoms with Crippen LogP contribution in [0.3, 0.4) is 0 Å². The highest BCUT2D eigenvalue weighted by Gasteiger charge is 2.39. The number of carbonyl (C=O) groups excluding carboxylic acids is 1. The highest BCUT2D eigenvalue weighted by Crippen LogP contribution is 2.25. The molecule has 0 amide bonds. The lowest BCUT2D eigenvalue weighted by atomic mass is 10.1. The van der Waals surface area contributed by atoms with E-state index in [2.05, 4.69) is 4.98 Å². The molecular formula is C11H6F3NO3. The van der Waals surface area contributed by atoms with Crippen LogP contribution in [-0.2, 0) is 0 Å². The second kappa shape index (κ2) is 3.86. The molecule has 1 aromatic carbocycles. The topological polar surface area (TPSA) is 70.2 Å². The Labute approximate surface area is 98.0 Å². The number of carboxylic acid groups (broad SMARTS) is 1. The zero-order valence-corrected chi connectivity index (χ0v) is 8.71. The fourth-order valence-corrected chi connectivity index (χ4v) is 1.60. The van der Waals surface area contributed by atoms with Gasteiger partial charge in [-0.1, -0.05) is 0 Å². The average Bonchev–Trinajstić information content (AvgIpc) is 2.69. The second-order valence-electron chi connectivity index (χ2n) is 3.59. The molecule has 0 aliphatic carbocycles. The maximum Gasteiger partial charge on any atom is 0.454 e. The summed E-state index contributed by atoms with van der Waals surface area (Å²) in [6.07, 6.45) is -3.82. The number of hydrogen-bond donors (Lipinski definition) is 2. The van der Waals surface area contributed by atoms with E-state index >= 15 is 0 Å². The molecule has 0 radical (unpaired) electrons. The standard InChI is InChI=1S/C11H6F3NO3/c12-11(13,14)9(16)5-1-2-8-6(3-5)7(4-15-8)10(17)18/h1-4,15H,(H,17,18). The van der Waals surface area contributed by atoms with Crippen LogP contribution in [0, 0.1) is 0 Å². The van der Waals surface area contributed by atoms with E-state index in [-0.39, 0.29) is 10.9 Å². The van der Waals surface area contributed by atoms with Crippen molar-refractivity contribution >= 4 is 22.7 Å². The summed E-state index contributed by atoms with van der Waals surface area (Å²) >= 11 is 0. The Morgan fingerprint density at radius 1 is 1.22 bits per heavy atom. The number of carboxylic acids is 1. The lowest BCUT2D eigenvalue weighted by Crippen LogP contribution is -2.22. The monoisotopic (exact) mass is 257 g/mol. The minimum Gasteiger partial charge on any atom is -0.478 e. The number of alkyl halides is 3. The van der Waals surface area contributed by atoms with Crippen molar-refractivity contribution < 1.29 is 27.9 Å². The first-order valence-corrected chi connectivity index (χ1v) is 4.76. The summed E-state index contributed by atoms with van der Waals surface area (Å²) in [5.74, 6) is -3.28. The number of H-pyrrole nitrogens is 1. The number of aromatic amines is 1. The Balaban J connectivity index is 2.59. The quantitative estimate of drug-likeness (QED) is 0.812. The number of carbonyl (C=O) groups is 2. The van der Waals surface area contributed by atoms with Crippen LogP contribution in [0.5, 0.6) is 0 Å². The van der Waals surface area contributed by atoms with Crippen molar-refractivity contribution in [2.45, 2.75) is 6.18 Å². The van der Waals surface area contributed by atoms with Crippen LogP contribution >= 0.6 is 0 Å². The number of halogens is 3. The van der Waals surface area contributed by atoms with Gasteiger partial charge < -0.3 is 10.1 Å². The molecule has 94 valence electrons. The maximum absolute atomic E-state index is 12.2. The molecule has 0 aliphatic rings. The van der Waals surface area contributed by atoms with Gasteiger partial charge >= 0.3 is 12.1 Å². The SMILES string of the molecule is O=C(O)c1c[nH]c2ccc(C(=O)C(F)(F)F)cc12. The molecule has 0 aliphatic heterocycles. The van der Waals surface area contributed by atoms with Crippen LogP contribution < -0.4 is 0 Å². The number of aromatic carboxylic acids is 1. The van der Waals surface area contributed by atoms with Gasteiger partial charge in [-0.2, -0.15) is 13.2 Å². The van der Waals surface area contributed by atoms with Crippen molar-refractivity contribution in [3.8, 4) is 0 Å². The summed E-state index contributed by atoms with van der Waals surface area (Å²) in [6, 6.07) is 3.16. The van der Waals surface area contributed by atoms with E-state index in [0.29, 0.717) is 5.52 Å². The van der Waals surface area contributed by atoms with E-state index in [1.54, 1.807) is 0 Å². The van der Waals surface area contributed by atoms with Gasteiger partial charge in [0.1, 0.15) is 0 Å². The Hall–Kier alpha value is -2.31. The summed E-state index contributed by atoms with van der Waals surface area (Å²) in [4.78, 5) is 24.5. The Morgan fingerprint density at radius 2 is 1.89 bits per heavy atom. The molecule has 0 saturated carbocycles. The normalized spacial score (nSPS) is 11.7. The molecule has 1 heterocycles. The molecule has 0 atom stereocenters. The van der Waals surface area contributed by atoms with Crippen LogP contribution in [0.1, 0.15) is 20.7 Å². The van der Waals surface area contributed by atoms with E-state index in [0.717, 1.165) is 18.3 Å². The first kappa shape index (κ1) is 12.2. The highest BCUT2D eigenvalue weighted by molar-refractivity contribution is 6.07. The van der Waals surface area contributed by atoms with Crippen molar-refractivity contribution in [2.75, 3.05) is 0 Å². The molecular weight excluding hydrogens is 251 g/mol. The molecule has 4 nitrogen and oxygen atoms in total. The maximum atomic E-state index is 12.2. The summed E-state index contributed by atoms with van der Waals surface area (Å²) in [6.45, 7) is 0. The van der Waals surface area contributed by atoms with Gasteiger partial charge in [0.15, 0.2) is 0 Å². The fourth-order valence-electron chi connectivity index (χ4n) is 1.60. The Kier molecular flexibility index (Phi) is 2.61. The van der Waals surface area contributed by atoms with Gasteiger partial charge in [0.2, 0.25) is 0 Å². The van der Waals surface area contributed by atoms with Crippen LogP contribution in [0.25, 0.3) is 10.9 Å². The minimum absolute atomic E-state index is 0.0672. The molecule has 2 N–H and O–H groups in total. The molecule has 7 heteroatoms. The van der Waals surface area contributed by atoms with E-state index in [4.69, 9.17) is 5.11 Å². The third-order valence-corrected chi connectivity index (χ3v) is 2.43. The molecule has 2 rings (SSSR count). The molecule has 0 fully saturated rings. The summed E-state index contributed by atoms with van der Waals surface area (Å²) < 4.78 is 36.7. The predicted molar refractivity (Wildman–Crippen MR) is 55.6 cm³/mol. The smallest absolute Gasteiger partial charge is 0.454 e. The molecule has 0 bridgehead atoms. The van der Waals surface area contributed by atoms with Crippen LogP contribution in [0.15, 0.2) is 24.4 Å². The third kappa shape index (κ3) is 1.94. The van der Waals surface area contributed by atoms with Gasteiger partial charge in [0.05, 0.1) is 5.56 Å². The van der Waals surface area contributed by atoms with Crippen molar-refractivity contribution in [3.63, 3.8) is 0 Å². The van der Waals surface area contributed by atoms with Crippen molar-refractivity contribution in [2.24, 2.45) is 0 Å². The van der Waals surface area contributed by atoms with Crippen LogP contribution in [-0.4, -0.2) is 28.0 Å². The number of rotatable bonds is 2. The number of nitrogens with one attached hydrogen (secondary N) is 1. The van der Waals surface area contributed by atoms with Crippen molar-refractivity contribution in [3.05, 3.63) is 35.5 Å². The average molecular weight is 257 g/mol. The minimum atomic E-state index is -4.98. The molecule has 18 heavy (non-hydrogen) atoms. The summed E-state index contributed by atoms with van der Waals surface area (Å²) in [7, 11) is 0. The number of aromatic nitrogens is 1.